The van der Waals surface area contributed by atoms with E-state index in [1.54, 1.807) is 58.4 Å². The van der Waals surface area contributed by atoms with Crippen molar-refractivity contribution in [2.24, 2.45) is 5.73 Å². The van der Waals surface area contributed by atoms with Gasteiger partial charge in [0.1, 0.15) is 19.3 Å². The predicted octanol–water partition coefficient (Wildman–Crippen LogP) is 9.90. The second-order valence-electron chi connectivity index (χ2n) is 24.5. The highest BCUT2D eigenvalue weighted by Crippen LogP contribution is 2.19. The molecule has 8 aromatic rings. The maximum Gasteiger partial charge on any atom is 0.407 e. The number of carbonyl (C=O) groups excluding carboxylic acids is 5. The third kappa shape index (κ3) is 32.2. The van der Waals surface area contributed by atoms with E-state index in [1.807, 2.05) is 128 Å². The van der Waals surface area contributed by atoms with Crippen LogP contribution in [0.4, 0.5) is 14.4 Å². The Bertz CT molecular complexity index is 3500. The van der Waals surface area contributed by atoms with Gasteiger partial charge in [-0.25, -0.2) is 14.4 Å². The molecule has 6 amide bonds. The van der Waals surface area contributed by atoms with Gasteiger partial charge in [-0.3, -0.25) is 39.3 Å². The van der Waals surface area contributed by atoms with E-state index >= 15 is 0 Å². The van der Waals surface area contributed by atoms with E-state index in [9.17, 15) is 24.0 Å². The van der Waals surface area contributed by atoms with E-state index in [0.717, 1.165) is 89.4 Å². The molecule has 0 spiro atoms. The van der Waals surface area contributed by atoms with Crippen LogP contribution in [-0.4, -0.2) is 181 Å². The summed E-state index contributed by atoms with van der Waals surface area (Å²) in [5, 5.41) is 18.7. The van der Waals surface area contributed by atoms with E-state index in [-0.39, 0.29) is 79.2 Å². The maximum absolute atomic E-state index is 14.1. The molecule has 2 aliphatic rings. The number of hydrogen-bond acceptors (Lipinski definition) is 21. The Morgan fingerprint density at radius 3 is 1.22 bits per heavy atom. The SMILES string of the molecule is CN(Cc1cncs1)C(=O)N[C@@H](CCN1CCOCC1)C(=O)N[C@H](CC[C@H](Cc1ccccc1)NC(=O)OCc1cncs1)Cc1ccccc1.CNCc1cncs1.I.N[C@@H](CCN1CCOCC1)C(=O)N[C@H](CC[C@H](Cc1ccccc1)NC(=O)OCc1cncs1)Cc1ccccc1. The van der Waals surface area contributed by atoms with Crippen molar-refractivity contribution in [3.63, 3.8) is 0 Å². The number of nitrogens with zero attached hydrogens (tertiary/aromatic N) is 7. The molecule has 101 heavy (non-hydrogen) atoms. The molecule has 0 radical (unpaired) electrons. The minimum absolute atomic E-state index is 0. The molecular formula is C73H97IN14O9S4. The number of ether oxygens (including phenoxy) is 4. The summed E-state index contributed by atoms with van der Waals surface area (Å²) in [7, 11) is 3.64. The Hall–Kier alpha value is -7.36. The highest BCUT2D eigenvalue weighted by atomic mass is 127. The lowest BCUT2D eigenvalue weighted by Crippen LogP contribution is -2.54. The molecule has 2 saturated heterocycles. The van der Waals surface area contributed by atoms with Crippen LogP contribution >= 0.6 is 69.3 Å². The standard InChI is InChI=1S/C37H47N7O5S2.C31H41N5O4S.C5H8N2S.HI/c1-43(24-32-22-38-26-50-32)36(46)42-34(14-15-44-16-18-48-19-17-44)35(45)40-30(20-28-8-4-2-5-9-28)12-13-31(21-29-10-6-3-7-11-29)41-37(47)49-25-33-23-39-27-51-33;32-29(13-14-36-15-17-39-18-16-36)30(37)34-26(19-24-7-3-1-4-8-24)11-12-27(20-25-9-5-2-6-10-25)35-31(38)40-22-28-21-33-23-41-28;1-6-2-5-3-7-4-8-5;/h2-11,22-23,26-27,30-31,34H,12-21,24-25H2,1H3,(H,40,45)(H,41,47)(H,42,46);1-10,21,23,26-27,29H,11-20,22,32H2,(H,34,37)(H,35,38);3-4,6H,2H2,1H3;1H/t30-,31-,34+;26-,27-,29+;;/m11../s1. The second-order valence-corrected chi connectivity index (χ2v) is 28.4. The van der Waals surface area contributed by atoms with E-state index in [1.165, 1.54) is 38.9 Å². The minimum Gasteiger partial charge on any atom is -0.444 e. The maximum atomic E-state index is 14.1. The van der Waals surface area contributed by atoms with Crippen LogP contribution in [0, 0.1) is 0 Å². The van der Waals surface area contributed by atoms with E-state index in [2.05, 4.69) is 73.8 Å². The predicted molar refractivity (Wildman–Crippen MR) is 409 cm³/mol. The average molecular weight is 1570 g/mol. The molecule has 4 aromatic heterocycles. The van der Waals surface area contributed by atoms with Crippen molar-refractivity contribution in [1.82, 2.24) is 66.5 Å². The van der Waals surface area contributed by atoms with Crippen molar-refractivity contribution in [2.45, 2.75) is 127 Å². The summed E-state index contributed by atoms with van der Waals surface area (Å²) >= 11 is 6.03. The number of morpholine rings is 2. The van der Waals surface area contributed by atoms with Crippen molar-refractivity contribution >= 4 is 99.4 Å². The summed E-state index contributed by atoms with van der Waals surface area (Å²) in [6.45, 7) is 9.13. The molecule has 0 bridgehead atoms. The monoisotopic (exact) mass is 1570 g/mol. The van der Waals surface area contributed by atoms with Gasteiger partial charge < -0.3 is 61.5 Å². The zero-order valence-corrected chi connectivity index (χ0v) is 63.1. The van der Waals surface area contributed by atoms with Crippen LogP contribution in [0.5, 0.6) is 0 Å². The number of urea groups is 1. The van der Waals surface area contributed by atoms with Crippen molar-refractivity contribution in [2.75, 3.05) is 79.8 Å². The first-order valence-corrected chi connectivity index (χ1v) is 37.6. The lowest BCUT2D eigenvalue weighted by atomic mass is 9.95. The van der Waals surface area contributed by atoms with Gasteiger partial charge in [0.25, 0.3) is 0 Å². The Kier molecular flexibility index (Phi) is 37.7. The van der Waals surface area contributed by atoms with Crippen LogP contribution in [0.2, 0.25) is 0 Å². The largest absolute Gasteiger partial charge is 0.444 e. The van der Waals surface area contributed by atoms with Gasteiger partial charge in [-0.2, -0.15) is 0 Å². The molecule has 2 aliphatic heterocycles. The van der Waals surface area contributed by atoms with Gasteiger partial charge in [-0.15, -0.1) is 69.3 Å². The molecule has 8 N–H and O–H groups in total. The van der Waals surface area contributed by atoms with Crippen molar-refractivity contribution in [3.05, 3.63) is 210 Å². The number of nitrogens with one attached hydrogen (secondary N) is 6. The molecule has 544 valence electrons. The van der Waals surface area contributed by atoms with Crippen molar-refractivity contribution < 1.29 is 42.9 Å². The quantitative estimate of drug-likeness (QED) is 0.0182. The first-order chi connectivity index (χ1) is 48.9. The fourth-order valence-electron chi connectivity index (χ4n) is 11.3. The highest BCUT2D eigenvalue weighted by Gasteiger charge is 2.28. The van der Waals surface area contributed by atoms with Gasteiger partial charge in [0.15, 0.2) is 0 Å². The molecule has 28 heteroatoms. The Morgan fingerprint density at radius 1 is 0.485 bits per heavy atom. The van der Waals surface area contributed by atoms with Crippen LogP contribution in [-0.2, 0) is 80.5 Å². The molecule has 0 saturated carbocycles. The van der Waals surface area contributed by atoms with Crippen LogP contribution in [0.25, 0.3) is 0 Å². The fraction of sp³-hybridized carbons (Fsp3) is 0.438. The fourth-order valence-corrected chi connectivity index (χ4v) is 13.6. The third-order valence-corrected chi connectivity index (χ3v) is 19.8. The molecule has 6 atom stereocenters. The zero-order valence-electron chi connectivity index (χ0n) is 57.5. The van der Waals surface area contributed by atoms with Gasteiger partial charge >= 0.3 is 18.2 Å². The van der Waals surface area contributed by atoms with Gasteiger partial charge in [0.2, 0.25) is 11.8 Å². The summed E-state index contributed by atoms with van der Waals surface area (Å²) in [6.07, 6.45) is 12.1. The van der Waals surface area contributed by atoms with Crippen LogP contribution in [0.15, 0.2) is 168 Å². The van der Waals surface area contributed by atoms with Gasteiger partial charge in [0, 0.05) is 112 Å². The van der Waals surface area contributed by atoms with Crippen LogP contribution < -0.4 is 37.6 Å². The molecule has 0 aliphatic carbocycles. The number of benzene rings is 4. The van der Waals surface area contributed by atoms with E-state index < -0.39 is 24.3 Å². The van der Waals surface area contributed by atoms with Crippen molar-refractivity contribution in [1.29, 1.82) is 0 Å². The lowest BCUT2D eigenvalue weighted by Gasteiger charge is -2.30. The molecule has 6 heterocycles. The number of thiazole rings is 4. The number of aromatic nitrogens is 4. The van der Waals surface area contributed by atoms with Crippen LogP contribution in [0.1, 0.15) is 80.3 Å². The summed E-state index contributed by atoms with van der Waals surface area (Å²) in [4.78, 5) is 92.4. The van der Waals surface area contributed by atoms with Gasteiger partial charge in [-0.05, 0) is 93.5 Å². The summed E-state index contributed by atoms with van der Waals surface area (Å²) in [5.74, 6) is -0.379. The number of nitrogens with two attached hydrogens (primary N) is 1. The molecule has 2 fully saturated rings. The minimum atomic E-state index is -0.748. The number of amides is 6. The Balaban J connectivity index is 0.000000257. The number of carbonyl (C=O) groups is 5. The zero-order chi connectivity index (χ0) is 70.2. The van der Waals surface area contributed by atoms with E-state index in [4.69, 9.17) is 24.7 Å². The van der Waals surface area contributed by atoms with Gasteiger partial charge in [0.05, 0.1) is 70.8 Å². The lowest BCUT2D eigenvalue weighted by molar-refractivity contribution is -0.124. The first kappa shape index (κ1) is 80.9. The van der Waals surface area contributed by atoms with Crippen molar-refractivity contribution in [3.8, 4) is 0 Å². The average Bonchev–Trinajstić information content (AvgIpc) is 1.78. The molecule has 10 rings (SSSR count). The summed E-state index contributed by atoms with van der Waals surface area (Å²) in [5.41, 5.74) is 17.7. The van der Waals surface area contributed by atoms with Crippen LogP contribution in [0.3, 0.4) is 0 Å². The Labute approximate surface area is 626 Å². The number of halogens is 1. The topological polar surface area (TPSA) is 282 Å². The number of rotatable bonds is 35. The normalized spacial score (nSPS) is 14.8. The molecule has 4 aromatic carbocycles. The molecular weight excluding hydrogens is 1470 g/mol. The number of alkyl carbamates (subject to hydrolysis) is 2. The molecule has 23 nitrogen and oxygen atoms in total. The van der Waals surface area contributed by atoms with Gasteiger partial charge in [-0.1, -0.05) is 121 Å². The number of hydrogen-bond donors (Lipinski definition) is 7. The first-order valence-electron chi connectivity index (χ1n) is 34.0. The van der Waals surface area contributed by atoms with E-state index in [0.29, 0.717) is 90.5 Å². The molecule has 0 unspecified atom stereocenters. The summed E-state index contributed by atoms with van der Waals surface area (Å²) in [6, 6.07) is 37.7. The smallest absolute Gasteiger partial charge is 0.407 e. The summed E-state index contributed by atoms with van der Waals surface area (Å²) < 4.78 is 21.9. The highest BCUT2D eigenvalue weighted by molar-refractivity contribution is 14.0. The Morgan fingerprint density at radius 2 is 0.842 bits per heavy atom. The second kappa shape index (κ2) is 47.0. The third-order valence-electron chi connectivity index (χ3n) is 16.7.